The molecule has 0 bridgehead atoms. The lowest BCUT2D eigenvalue weighted by Crippen LogP contribution is -2.12. The molecule has 4 heteroatoms. The number of carbonyl (C=O) groups is 2. The van der Waals surface area contributed by atoms with Crippen LogP contribution in [0.2, 0.25) is 0 Å². The number of unbranched alkanes of at least 4 members (excludes halogenated alkanes) is 7. The molecule has 0 radical (unpaired) electrons. The van der Waals surface area contributed by atoms with Crippen molar-refractivity contribution in [1.82, 2.24) is 0 Å². The molecule has 0 N–H and O–H groups in total. The molecule has 0 aromatic rings. The minimum Gasteiger partial charge on any atom is -0.463 e. The molecule has 0 spiro atoms. The SMILES string of the molecule is CCCCCCCCCCOC(=O)/C=C/C(=O)OC(C)CC. The van der Waals surface area contributed by atoms with Gasteiger partial charge in [-0.25, -0.2) is 9.59 Å². The zero-order valence-electron chi connectivity index (χ0n) is 14.4. The maximum atomic E-state index is 11.4. The maximum absolute atomic E-state index is 11.4. The molecule has 0 saturated carbocycles. The van der Waals surface area contributed by atoms with E-state index in [1.165, 1.54) is 38.5 Å². The highest BCUT2D eigenvalue weighted by Crippen LogP contribution is 2.08. The Balaban J connectivity index is 3.51. The second-order valence-corrected chi connectivity index (χ2v) is 5.63. The molecule has 22 heavy (non-hydrogen) atoms. The first-order valence-corrected chi connectivity index (χ1v) is 8.65. The van der Waals surface area contributed by atoms with Crippen LogP contribution < -0.4 is 0 Å². The zero-order chi connectivity index (χ0) is 16.6. The van der Waals surface area contributed by atoms with Crippen LogP contribution in [0.5, 0.6) is 0 Å². The summed E-state index contributed by atoms with van der Waals surface area (Å²) in [5, 5.41) is 0. The van der Waals surface area contributed by atoms with Gasteiger partial charge >= 0.3 is 11.9 Å². The van der Waals surface area contributed by atoms with Crippen LogP contribution in [0.25, 0.3) is 0 Å². The van der Waals surface area contributed by atoms with Gasteiger partial charge in [-0.3, -0.25) is 0 Å². The fraction of sp³-hybridized carbons (Fsp3) is 0.778. The lowest BCUT2D eigenvalue weighted by molar-refractivity contribution is -0.143. The van der Waals surface area contributed by atoms with E-state index >= 15 is 0 Å². The summed E-state index contributed by atoms with van der Waals surface area (Å²) in [6.07, 6.45) is 12.5. The Morgan fingerprint density at radius 3 is 2.00 bits per heavy atom. The molecular weight excluding hydrogens is 280 g/mol. The first-order chi connectivity index (χ1) is 10.6. The zero-order valence-corrected chi connectivity index (χ0v) is 14.4. The summed E-state index contributed by atoms with van der Waals surface area (Å²) < 4.78 is 10.0. The molecular formula is C18H32O4. The monoisotopic (exact) mass is 312 g/mol. The van der Waals surface area contributed by atoms with Crippen LogP contribution >= 0.6 is 0 Å². The van der Waals surface area contributed by atoms with Crippen LogP contribution in [0.3, 0.4) is 0 Å². The molecule has 4 nitrogen and oxygen atoms in total. The minimum atomic E-state index is -0.502. The van der Waals surface area contributed by atoms with Gasteiger partial charge in [-0.05, 0) is 19.8 Å². The van der Waals surface area contributed by atoms with Crippen molar-refractivity contribution >= 4 is 11.9 Å². The van der Waals surface area contributed by atoms with Crippen molar-refractivity contribution < 1.29 is 19.1 Å². The number of carbonyl (C=O) groups excluding carboxylic acids is 2. The van der Waals surface area contributed by atoms with Gasteiger partial charge in [0.25, 0.3) is 0 Å². The Morgan fingerprint density at radius 1 is 0.864 bits per heavy atom. The lowest BCUT2D eigenvalue weighted by Gasteiger charge is -2.07. The normalized spacial score (nSPS) is 12.3. The van der Waals surface area contributed by atoms with Crippen LogP contribution in [0.15, 0.2) is 12.2 Å². The van der Waals surface area contributed by atoms with E-state index in [-0.39, 0.29) is 6.10 Å². The van der Waals surface area contributed by atoms with Crippen molar-refractivity contribution in [1.29, 1.82) is 0 Å². The topological polar surface area (TPSA) is 52.6 Å². The Bertz CT molecular complexity index is 323. The average Bonchev–Trinajstić information content (AvgIpc) is 2.51. The molecule has 128 valence electrons. The molecule has 0 amide bonds. The largest absolute Gasteiger partial charge is 0.463 e. The molecule has 0 rings (SSSR count). The van der Waals surface area contributed by atoms with Gasteiger partial charge in [-0.1, -0.05) is 58.8 Å². The molecule has 0 aromatic carbocycles. The van der Waals surface area contributed by atoms with E-state index in [0.29, 0.717) is 6.61 Å². The summed E-state index contributed by atoms with van der Waals surface area (Å²) in [4.78, 5) is 22.7. The van der Waals surface area contributed by atoms with Crippen LogP contribution in [0.4, 0.5) is 0 Å². The third kappa shape index (κ3) is 13.7. The standard InChI is InChI=1S/C18H32O4/c1-4-6-7-8-9-10-11-12-15-21-17(19)13-14-18(20)22-16(3)5-2/h13-14,16H,4-12,15H2,1-3H3/b14-13+. The van der Waals surface area contributed by atoms with Gasteiger partial charge in [0.15, 0.2) is 0 Å². The van der Waals surface area contributed by atoms with Gasteiger partial charge in [-0.15, -0.1) is 0 Å². The second kappa shape index (κ2) is 14.6. The molecule has 0 aliphatic rings. The number of rotatable bonds is 13. The van der Waals surface area contributed by atoms with E-state index in [9.17, 15) is 9.59 Å². The van der Waals surface area contributed by atoms with Gasteiger partial charge in [-0.2, -0.15) is 0 Å². The predicted molar refractivity (Wildman–Crippen MR) is 88.6 cm³/mol. The number of ether oxygens (including phenoxy) is 2. The van der Waals surface area contributed by atoms with Crippen LogP contribution in [-0.4, -0.2) is 24.6 Å². The van der Waals surface area contributed by atoms with E-state index in [2.05, 4.69) is 6.92 Å². The van der Waals surface area contributed by atoms with E-state index in [1.807, 2.05) is 13.8 Å². The third-order valence-corrected chi connectivity index (χ3v) is 3.49. The quantitative estimate of drug-likeness (QED) is 0.284. The Morgan fingerprint density at radius 2 is 1.41 bits per heavy atom. The molecule has 0 fully saturated rings. The van der Waals surface area contributed by atoms with Crippen molar-refractivity contribution in [2.24, 2.45) is 0 Å². The Kier molecular flexibility index (Phi) is 13.7. The van der Waals surface area contributed by atoms with E-state index in [1.54, 1.807) is 0 Å². The summed E-state index contributed by atoms with van der Waals surface area (Å²) in [6, 6.07) is 0. The number of esters is 2. The van der Waals surface area contributed by atoms with Crippen LogP contribution in [0.1, 0.15) is 78.6 Å². The van der Waals surface area contributed by atoms with Crippen LogP contribution in [0, 0.1) is 0 Å². The van der Waals surface area contributed by atoms with Crippen molar-refractivity contribution in [3.63, 3.8) is 0 Å². The molecule has 0 aliphatic heterocycles. The highest BCUT2D eigenvalue weighted by molar-refractivity contribution is 5.91. The summed E-state index contributed by atoms with van der Waals surface area (Å²) in [6.45, 7) is 6.37. The van der Waals surface area contributed by atoms with E-state index in [0.717, 1.165) is 31.4 Å². The second-order valence-electron chi connectivity index (χ2n) is 5.63. The van der Waals surface area contributed by atoms with Crippen molar-refractivity contribution in [3.8, 4) is 0 Å². The van der Waals surface area contributed by atoms with Crippen molar-refractivity contribution in [2.75, 3.05) is 6.61 Å². The summed E-state index contributed by atoms with van der Waals surface area (Å²) >= 11 is 0. The molecule has 1 atom stereocenters. The molecule has 0 aromatic heterocycles. The maximum Gasteiger partial charge on any atom is 0.331 e. The molecule has 1 unspecified atom stereocenters. The number of hydrogen-bond acceptors (Lipinski definition) is 4. The van der Waals surface area contributed by atoms with Gasteiger partial charge in [0.2, 0.25) is 0 Å². The smallest absolute Gasteiger partial charge is 0.331 e. The third-order valence-electron chi connectivity index (χ3n) is 3.49. The van der Waals surface area contributed by atoms with E-state index < -0.39 is 11.9 Å². The fourth-order valence-electron chi connectivity index (χ4n) is 1.91. The predicted octanol–water partition coefficient (Wildman–Crippen LogP) is 4.57. The average molecular weight is 312 g/mol. The Labute approximate surface area is 135 Å². The number of hydrogen-bond donors (Lipinski definition) is 0. The minimum absolute atomic E-state index is 0.134. The Hall–Kier alpha value is -1.32. The molecule has 0 heterocycles. The summed E-state index contributed by atoms with van der Waals surface area (Å²) in [5.74, 6) is -0.984. The highest BCUT2D eigenvalue weighted by atomic mass is 16.5. The molecule has 0 aliphatic carbocycles. The van der Waals surface area contributed by atoms with Gasteiger partial charge in [0.1, 0.15) is 0 Å². The lowest BCUT2D eigenvalue weighted by atomic mass is 10.1. The fourth-order valence-corrected chi connectivity index (χ4v) is 1.91. The van der Waals surface area contributed by atoms with E-state index in [4.69, 9.17) is 9.47 Å². The summed E-state index contributed by atoms with van der Waals surface area (Å²) in [7, 11) is 0. The summed E-state index contributed by atoms with van der Waals surface area (Å²) in [5.41, 5.74) is 0. The first-order valence-electron chi connectivity index (χ1n) is 8.65. The highest BCUT2D eigenvalue weighted by Gasteiger charge is 2.05. The van der Waals surface area contributed by atoms with Gasteiger partial charge < -0.3 is 9.47 Å². The first kappa shape index (κ1) is 20.7. The van der Waals surface area contributed by atoms with Gasteiger partial charge in [0.05, 0.1) is 12.7 Å². The van der Waals surface area contributed by atoms with Crippen molar-refractivity contribution in [3.05, 3.63) is 12.2 Å². The van der Waals surface area contributed by atoms with Crippen LogP contribution in [-0.2, 0) is 19.1 Å². The molecule has 0 saturated heterocycles. The van der Waals surface area contributed by atoms with Gasteiger partial charge in [0, 0.05) is 12.2 Å². The van der Waals surface area contributed by atoms with Crippen molar-refractivity contribution in [2.45, 2.75) is 84.7 Å².